The Labute approximate surface area is 117 Å². The molecule has 2 N–H and O–H groups in total. The first-order chi connectivity index (χ1) is 8.58. The summed E-state index contributed by atoms with van der Waals surface area (Å²) in [6, 6.07) is 4.21. The van der Waals surface area contributed by atoms with E-state index in [0.717, 1.165) is 35.2 Å². The van der Waals surface area contributed by atoms with Gasteiger partial charge in [-0.1, -0.05) is 22.9 Å². The van der Waals surface area contributed by atoms with Crippen LogP contribution in [-0.4, -0.2) is 23.9 Å². The van der Waals surface area contributed by atoms with Gasteiger partial charge in [0.05, 0.1) is 13.2 Å². The van der Waals surface area contributed by atoms with Crippen LogP contribution in [0.3, 0.4) is 0 Å². The number of fused-ring (bicyclic) bond motifs is 1. The van der Waals surface area contributed by atoms with E-state index < -0.39 is 0 Å². The van der Waals surface area contributed by atoms with Crippen molar-refractivity contribution in [3.63, 3.8) is 0 Å². The zero-order chi connectivity index (χ0) is 13.2. The second-order valence-corrected chi connectivity index (χ2v) is 5.99. The highest BCUT2D eigenvalue weighted by molar-refractivity contribution is 9.10. The topological polar surface area (TPSA) is 41.5 Å². The van der Waals surface area contributed by atoms with Crippen LogP contribution in [0.15, 0.2) is 16.6 Å². The molecule has 18 heavy (non-hydrogen) atoms. The van der Waals surface area contributed by atoms with E-state index in [0.29, 0.717) is 6.54 Å². The fourth-order valence-electron chi connectivity index (χ4n) is 2.08. The molecule has 1 aromatic carbocycles. The molecule has 1 heterocycles. The number of hydrogen-bond donors (Lipinski definition) is 2. The Kier molecular flexibility index (Phi) is 4.30. The van der Waals surface area contributed by atoms with Crippen molar-refractivity contribution in [2.45, 2.75) is 38.8 Å². The molecule has 4 heteroatoms. The quantitative estimate of drug-likeness (QED) is 0.878. The summed E-state index contributed by atoms with van der Waals surface area (Å²) in [4.78, 5) is 0. The van der Waals surface area contributed by atoms with E-state index in [1.54, 1.807) is 0 Å². The van der Waals surface area contributed by atoms with E-state index in [4.69, 9.17) is 4.74 Å². The third-order valence-electron chi connectivity index (χ3n) is 3.66. The first kappa shape index (κ1) is 13.8. The molecule has 0 saturated carbocycles. The number of nitrogens with one attached hydrogen (secondary N) is 1. The number of hydrogen-bond acceptors (Lipinski definition) is 3. The van der Waals surface area contributed by atoms with Gasteiger partial charge < -0.3 is 15.2 Å². The number of aliphatic hydroxyl groups is 1. The Morgan fingerprint density at radius 2 is 2.28 bits per heavy atom. The van der Waals surface area contributed by atoms with Crippen LogP contribution in [0.1, 0.15) is 31.4 Å². The van der Waals surface area contributed by atoms with Crippen molar-refractivity contribution < 1.29 is 9.84 Å². The zero-order valence-corrected chi connectivity index (χ0v) is 12.5. The lowest BCUT2D eigenvalue weighted by Crippen LogP contribution is -2.44. The van der Waals surface area contributed by atoms with Gasteiger partial charge in [-0.15, -0.1) is 0 Å². The number of rotatable bonds is 5. The second kappa shape index (κ2) is 5.59. The monoisotopic (exact) mass is 313 g/mol. The summed E-state index contributed by atoms with van der Waals surface area (Å²) in [5.74, 6) is 1.02. The van der Waals surface area contributed by atoms with Crippen LogP contribution >= 0.6 is 15.9 Å². The molecule has 1 unspecified atom stereocenters. The fourth-order valence-corrected chi connectivity index (χ4v) is 2.63. The number of ether oxygens (including phenoxy) is 1. The highest BCUT2D eigenvalue weighted by Gasteiger charge is 2.22. The minimum atomic E-state index is -0.228. The molecule has 0 fully saturated rings. The van der Waals surface area contributed by atoms with Gasteiger partial charge >= 0.3 is 0 Å². The van der Waals surface area contributed by atoms with Crippen molar-refractivity contribution in [1.82, 2.24) is 5.32 Å². The number of aliphatic hydroxyl groups excluding tert-OH is 1. The summed E-state index contributed by atoms with van der Waals surface area (Å²) in [5.41, 5.74) is 2.20. The standard InChI is InChI=1S/C14H20BrNO2/c1-3-14(2,9-17)16-8-11-7-12(15)6-10-4-5-18-13(10)11/h6-7,16-17H,3-5,8-9H2,1-2H3. The fraction of sp³-hybridized carbons (Fsp3) is 0.571. The zero-order valence-electron chi connectivity index (χ0n) is 10.9. The number of halogens is 1. The van der Waals surface area contributed by atoms with Gasteiger partial charge in [0.1, 0.15) is 5.75 Å². The van der Waals surface area contributed by atoms with Gasteiger partial charge in [-0.05, 0) is 31.0 Å². The lowest BCUT2D eigenvalue weighted by molar-refractivity contribution is 0.168. The van der Waals surface area contributed by atoms with Crippen LogP contribution in [0.25, 0.3) is 0 Å². The van der Waals surface area contributed by atoms with Gasteiger partial charge in [0, 0.05) is 28.5 Å². The van der Waals surface area contributed by atoms with E-state index in [1.807, 2.05) is 6.92 Å². The Balaban J connectivity index is 2.15. The molecule has 1 aliphatic rings. The lowest BCUT2D eigenvalue weighted by Gasteiger charge is -2.27. The van der Waals surface area contributed by atoms with Gasteiger partial charge in [-0.25, -0.2) is 0 Å². The van der Waals surface area contributed by atoms with Crippen LogP contribution in [0.5, 0.6) is 5.75 Å². The molecule has 1 aliphatic heterocycles. The summed E-state index contributed by atoms with van der Waals surface area (Å²) in [5, 5.41) is 12.8. The van der Waals surface area contributed by atoms with Crippen molar-refractivity contribution in [3.8, 4) is 5.75 Å². The van der Waals surface area contributed by atoms with Crippen molar-refractivity contribution in [2.75, 3.05) is 13.2 Å². The van der Waals surface area contributed by atoms with Gasteiger partial charge in [-0.2, -0.15) is 0 Å². The molecule has 0 amide bonds. The Hall–Kier alpha value is -0.580. The molecule has 0 aliphatic carbocycles. The molecule has 0 spiro atoms. The predicted molar refractivity (Wildman–Crippen MR) is 76.0 cm³/mol. The van der Waals surface area contributed by atoms with E-state index in [2.05, 4.69) is 40.3 Å². The van der Waals surface area contributed by atoms with Gasteiger partial charge in [0.15, 0.2) is 0 Å². The molecule has 100 valence electrons. The summed E-state index contributed by atoms with van der Waals surface area (Å²) >= 11 is 3.54. The molecular weight excluding hydrogens is 294 g/mol. The highest BCUT2D eigenvalue weighted by atomic mass is 79.9. The van der Waals surface area contributed by atoms with Crippen LogP contribution in [-0.2, 0) is 13.0 Å². The maximum atomic E-state index is 9.41. The van der Waals surface area contributed by atoms with Gasteiger partial charge in [0.2, 0.25) is 0 Å². The second-order valence-electron chi connectivity index (χ2n) is 5.08. The molecule has 0 bridgehead atoms. The van der Waals surface area contributed by atoms with E-state index in [-0.39, 0.29) is 12.1 Å². The van der Waals surface area contributed by atoms with Crippen LogP contribution in [0.2, 0.25) is 0 Å². The molecule has 3 nitrogen and oxygen atoms in total. The van der Waals surface area contributed by atoms with Gasteiger partial charge in [-0.3, -0.25) is 0 Å². The van der Waals surface area contributed by atoms with E-state index in [9.17, 15) is 5.11 Å². The molecule has 1 aromatic rings. The van der Waals surface area contributed by atoms with Crippen LogP contribution < -0.4 is 10.1 Å². The average Bonchev–Trinajstić information content (AvgIpc) is 2.83. The molecule has 0 aromatic heterocycles. The van der Waals surface area contributed by atoms with E-state index >= 15 is 0 Å². The third-order valence-corrected chi connectivity index (χ3v) is 4.12. The molecule has 0 saturated heterocycles. The average molecular weight is 314 g/mol. The first-order valence-corrected chi connectivity index (χ1v) is 7.17. The minimum Gasteiger partial charge on any atom is -0.493 e. The minimum absolute atomic E-state index is 0.139. The molecule has 0 radical (unpaired) electrons. The number of benzene rings is 1. The smallest absolute Gasteiger partial charge is 0.127 e. The predicted octanol–water partition coefficient (Wildman–Crippen LogP) is 2.63. The summed E-state index contributed by atoms with van der Waals surface area (Å²) < 4.78 is 6.78. The maximum Gasteiger partial charge on any atom is 0.127 e. The van der Waals surface area contributed by atoms with Crippen LogP contribution in [0, 0.1) is 0 Å². The Bertz CT molecular complexity index is 430. The largest absolute Gasteiger partial charge is 0.493 e. The molecule has 1 atom stereocenters. The molecule has 2 rings (SSSR count). The Morgan fingerprint density at radius 1 is 1.50 bits per heavy atom. The lowest BCUT2D eigenvalue weighted by atomic mass is 9.99. The summed E-state index contributed by atoms with van der Waals surface area (Å²) in [6.45, 7) is 5.73. The van der Waals surface area contributed by atoms with Crippen molar-refractivity contribution in [1.29, 1.82) is 0 Å². The first-order valence-electron chi connectivity index (χ1n) is 6.38. The summed E-state index contributed by atoms with van der Waals surface area (Å²) in [7, 11) is 0. The SMILES string of the molecule is CCC(C)(CO)NCc1cc(Br)cc2c1OCC2. The van der Waals surface area contributed by atoms with Crippen LogP contribution in [0.4, 0.5) is 0 Å². The third kappa shape index (κ3) is 2.87. The van der Waals surface area contributed by atoms with Crippen molar-refractivity contribution in [2.24, 2.45) is 0 Å². The normalized spacial score (nSPS) is 17.1. The maximum absolute atomic E-state index is 9.41. The van der Waals surface area contributed by atoms with E-state index in [1.165, 1.54) is 5.56 Å². The van der Waals surface area contributed by atoms with Crippen molar-refractivity contribution >= 4 is 15.9 Å². The van der Waals surface area contributed by atoms with Crippen molar-refractivity contribution in [3.05, 3.63) is 27.7 Å². The highest BCUT2D eigenvalue weighted by Crippen LogP contribution is 2.33. The molecular formula is C14H20BrNO2. The Morgan fingerprint density at radius 3 is 2.94 bits per heavy atom. The summed E-state index contributed by atoms with van der Waals surface area (Å²) in [6.07, 6.45) is 1.87. The van der Waals surface area contributed by atoms with Gasteiger partial charge in [0.25, 0.3) is 0 Å².